The van der Waals surface area contributed by atoms with Crippen LogP contribution in [0, 0.1) is 19.8 Å². The lowest BCUT2D eigenvalue weighted by Crippen LogP contribution is -1.98. The standard InChI is InChI=1S/C22H21N7/c1-11-10-24-13(3)21-26-20(27-29(11)21)17-12(2)18(17)22-25-19-14-6-5-9-23-15(14)7-8-16(19)28(22)4/h5-10,12,17-18H,1-4H3/t12-,17+,18+/m0/s1. The smallest absolute Gasteiger partial charge is 0.177 e. The summed E-state index contributed by atoms with van der Waals surface area (Å²) in [5.41, 5.74) is 5.88. The molecule has 0 radical (unpaired) electrons. The monoisotopic (exact) mass is 383 g/mol. The van der Waals surface area contributed by atoms with Crippen LogP contribution >= 0.6 is 0 Å². The number of rotatable bonds is 2. The fraction of sp³-hybridized carbons (Fsp3) is 0.318. The van der Waals surface area contributed by atoms with E-state index in [1.54, 1.807) is 0 Å². The molecule has 4 heterocycles. The highest BCUT2D eigenvalue weighted by Crippen LogP contribution is 2.59. The van der Waals surface area contributed by atoms with Crippen molar-refractivity contribution in [3.05, 3.63) is 59.7 Å². The second-order valence-corrected chi connectivity index (χ2v) is 8.13. The van der Waals surface area contributed by atoms with E-state index in [0.717, 1.165) is 50.6 Å². The van der Waals surface area contributed by atoms with Gasteiger partial charge in [-0.3, -0.25) is 9.97 Å². The van der Waals surface area contributed by atoms with Gasteiger partial charge in [-0.25, -0.2) is 14.5 Å². The zero-order valence-corrected chi connectivity index (χ0v) is 16.8. The van der Waals surface area contributed by atoms with E-state index in [4.69, 9.17) is 15.1 Å². The van der Waals surface area contributed by atoms with Crippen LogP contribution < -0.4 is 0 Å². The lowest BCUT2D eigenvalue weighted by molar-refractivity contribution is 0.774. The molecular formula is C22H21N7. The quantitative estimate of drug-likeness (QED) is 0.465. The van der Waals surface area contributed by atoms with Crippen LogP contribution in [0.5, 0.6) is 0 Å². The predicted octanol–water partition coefficient (Wildman–Crippen LogP) is 3.69. The van der Waals surface area contributed by atoms with Crippen molar-refractivity contribution in [3.8, 4) is 0 Å². The third-order valence-corrected chi connectivity index (χ3v) is 6.37. The molecule has 1 aromatic carbocycles. The molecule has 0 amide bonds. The van der Waals surface area contributed by atoms with Crippen molar-refractivity contribution in [2.45, 2.75) is 32.6 Å². The van der Waals surface area contributed by atoms with Crippen LogP contribution in [-0.4, -0.2) is 34.1 Å². The van der Waals surface area contributed by atoms with Gasteiger partial charge in [0.05, 0.1) is 27.9 Å². The number of pyridine rings is 1. The van der Waals surface area contributed by atoms with E-state index in [1.807, 2.05) is 36.8 Å². The average molecular weight is 383 g/mol. The van der Waals surface area contributed by atoms with Crippen LogP contribution in [0.4, 0.5) is 0 Å². The van der Waals surface area contributed by atoms with Gasteiger partial charge in [0.2, 0.25) is 0 Å². The number of imidazole rings is 1. The van der Waals surface area contributed by atoms with E-state index in [-0.39, 0.29) is 5.92 Å². The summed E-state index contributed by atoms with van der Waals surface area (Å²) in [5.74, 6) is 3.01. The van der Waals surface area contributed by atoms with Crippen molar-refractivity contribution in [2.24, 2.45) is 13.0 Å². The van der Waals surface area contributed by atoms with Crippen molar-refractivity contribution in [3.63, 3.8) is 0 Å². The largest absolute Gasteiger partial charge is 0.331 e. The van der Waals surface area contributed by atoms with Gasteiger partial charge in [0, 0.05) is 36.7 Å². The van der Waals surface area contributed by atoms with Crippen LogP contribution in [0.25, 0.3) is 27.6 Å². The number of fused-ring (bicyclic) bond motifs is 4. The lowest BCUT2D eigenvalue weighted by Gasteiger charge is -2.01. The van der Waals surface area contributed by atoms with Crippen LogP contribution in [0.3, 0.4) is 0 Å². The molecule has 0 saturated heterocycles. The molecule has 144 valence electrons. The molecule has 6 rings (SSSR count). The molecule has 0 N–H and O–H groups in total. The van der Waals surface area contributed by atoms with Gasteiger partial charge in [-0.15, -0.1) is 0 Å². The minimum Gasteiger partial charge on any atom is -0.331 e. The van der Waals surface area contributed by atoms with E-state index >= 15 is 0 Å². The second kappa shape index (κ2) is 5.59. The Labute approximate surface area is 167 Å². The topological polar surface area (TPSA) is 73.8 Å². The Bertz CT molecular complexity index is 1390. The molecule has 1 aliphatic rings. The first kappa shape index (κ1) is 16.6. The number of hydrogen-bond acceptors (Lipinski definition) is 5. The van der Waals surface area contributed by atoms with E-state index in [9.17, 15) is 0 Å². The first-order valence-electron chi connectivity index (χ1n) is 9.93. The fourth-order valence-electron chi connectivity index (χ4n) is 4.63. The molecule has 7 heteroatoms. The first-order chi connectivity index (χ1) is 14.0. The van der Waals surface area contributed by atoms with Crippen LogP contribution in [0.1, 0.15) is 41.8 Å². The van der Waals surface area contributed by atoms with Gasteiger partial charge in [0.1, 0.15) is 5.82 Å². The van der Waals surface area contributed by atoms with Gasteiger partial charge in [0.15, 0.2) is 11.5 Å². The number of hydrogen-bond donors (Lipinski definition) is 0. The fourth-order valence-corrected chi connectivity index (χ4v) is 4.63. The predicted molar refractivity (Wildman–Crippen MR) is 111 cm³/mol. The van der Waals surface area contributed by atoms with Crippen molar-refractivity contribution < 1.29 is 0 Å². The van der Waals surface area contributed by atoms with E-state index < -0.39 is 0 Å². The summed E-state index contributed by atoms with van der Waals surface area (Å²) < 4.78 is 4.13. The zero-order chi connectivity index (χ0) is 19.9. The molecule has 5 aromatic rings. The molecule has 0 unspecified atom stereocenters. The molecule has 7 nitrogen and oxygen atoms in total. The number of nitrogens with zero attached hydrogens (tertiary/aromatic N) is 7. The molecule has 0 spiro atoms. The molecular weight excluding hydrogens is 362 g/mol. The Morgan fingerprint density at radius 2 is 1.86 bits per heavy atom. The number of benzene rings is 1. The normalized spacial score (nSPS) is 21.4. The van der Waals surface area contributed by atoms with Gasteiger partial charge < -0.3 is 4.57 Å². The molecule has 0 aliphatic heterocycles. The lowest BCUT2D eigenvalue weighted by atomic mass is 10.2. The summed E-state index contributed by atoms with van der Waals surface area (Å²) >= 11 is 0. The number of aryl methyl sites for hydroxylation is 3. The molecule has 29 heavy (non-hydrogen) atoms. The second-order valence-electron chi connectivity index (χ2n) is 8.13. The van der Waals surface area contributed by atoms with Crippen molar-refractivity contribution >= 4 is 27.6 Å². The molecule has 4 aromatic heterocycles. The third kappa shape index (κ3) is 2.21. The highest BCUT2D eigenvalue weighted by atomic mass is 15.3. The zero-order valence-electron chi connectivity index (χ0n) is 16.8. The van der Waals surface area contributed by atoms with Crippen LogP contribution in [0.15, 0.2) is 36.7 Å². The minimum absolute atomic E-state index is 0.272. The van der Waals surface area contributed by atoms with Gasteiger partial charge in [-0.1, -0.05) is 6.92 Å². The van der Waals surface area contributed by atoms with Gasteiger partial charge in [-0.2, -0.15) is 5.10 Å². The number of aromatic nitrogens is 7. The van der Waals surface area contributed by atoms with Gasteiger partial charge in [-0.05, 0) is 44.0 Å². The summed E-state index contributed by atoms with van der Waals surface area (Å²) in [7, 11) is 2.10. The Hall–Kier alpha value is -3.35. The molecule has 3 atom stereocenters. The maximum Gasteiger partial charge on any atom is 0.177 e. The Kier molecular flexibility index (Phi) is 3.20. The van der Waals surface area contributed by atoms with Gasteiger partial charge >= 0.3 is 0 Å². The summed E-state index contributed by atoms with van der Waals surface area (Å²) in [6.45, 7) is 6.25. The average Bonchev–Trinajstić information content (AvgIpc) is 3.06. The van der Waals surface area contributed by atoms with Crippen molar-refractivity contribution in [2.75, 3.05) is 0 Å². The summed E-state index contributed by atoms with van der Waals surface area (Å²) in [6.07, 6.45) is 3.67. The van der Waals surface area contributed by atoms with E-state index in [1.165, 1.54) is 0 Å². The summed E-state index contributed by atoms with van der Waals surface area (Å²) in [4.78, 5) is 18.8. The van der Waals surface area contributed by atoms with E-state index in [0.29, 0.717) is 11.8 Å². The third-order valence-electron chi connectivity index (χ3n) is 6.37. The van der Waals surface area contributed by atoms with Crippen molar-refractivity contribution in [1.29, 1.82) is 0 Å². The van der Waals surface area contributed by atoms with Gasteiger partial charge in [0.25, 0.3) is 0 Å². The minimum atomic E-state index is 0.272. The molecule has 1 aliphatic carbocycles. The summed E-state index contributed by atoms with van der Waals surface area (Å²) in [5, 5.41) is 5.91. The Balaban J connectivity index is 1.47. The van der Waals surface area contributed by atoms with E-state index in [2.05, 4.69) is 46.7 Å². The molecule has 1 fully saturated rings. The Morgan fingerprint density at radius 3 is 2.69 bits per heavy atom. The highest BCUT2D eigenvalue weighted by molar-refractivity contribution is 6.02. The van der Waals surface area contributed by atoms with Crippen molar-refractivity contribution in [1.82, 2.24) is 34.1 Å². The highest BCUT2D eigenvalue weighted by Gasteiger charge is 2.53. The first-order valence-corrected chi connectivity index (χ1v) is 9.93. The summed E-state index contributed by atoms with van der Waals surface area (Å²) in [6, 6.07) is 8.25. The van der Waals surface area contributed by atoms with Crippen LogP contribution in [-0.2, 0) is 7.05 Å². The maximum absolute atomic E-state index is 5.07. The molecule has 0 bridgehead atoms. The Morgan fingerprint density at radius 1 is 1.00 bits per heavy atom. The molecule has 1 saturated carbocycles. The van der Waals surface area contributed by atoms with Crippen LogP contribution in [0.2, 0.25) is 0 Å². The SMILES string of the molecule is Cc1ncc(C)n2nc([C@@H]3[C@H](C)[C@H]3c3nc4c5cccnc5ccc4n3C)nc12. The maximum atomic E-state index is 5.07.